The molecule has 0 spiro atoms. The van der Waals surface area contributed by atoms with E-state index in [1.807, 2.05) is 0 Å². The summed E-state index contributed by atoms with van der Waals surface area (Å²) in [6.45, 7) is 0. The topological polar surface area (TPSA) is 83.6 Å². The van der Waals surface area contributed by atoms with E-state index in [4.69, 9.17) is 0 Å². The van der Waals surface area contributed by atoms with Crippen molar-refractivity contribution in [3.8, 4) is 0 Å². The molecule has 0 atom stereocenters. The maximum atomic E-state index is 12.4. The molecule has 24 heavy (non-hydrogen) atoms. The molecule has 0 heterocycles. The Morgan fingerprint density at radius 3 is 2.00 bits per heavy atom. The monoisotopic (exact) mass is 382 g/mol. The average molecular weight is 382 g/mol. The van der Waals surface area contributed by atoms with Gasteiger partial charge in [0.05, 0.1) is 4.90 Å². The summed E-state index contributed by atoms with van der Waals surface area (Å²) in [6.07, 6.45) is 0. The molecule has 0 bridgehead atoms. The van der Waals surface area contributed by atoms with E-state index in [0.29, 0.717) is 11.1 Å². The first-order valence-corrected chi connectivity index (χ1v) is 9.37. The molecule has 132 valence electrons. The van der Waals surface area contributed by atoms with E-state index in [9.17, 15) is 30.0 Å². The molecule has 2 rings (SSSR count). The van der Waals surface area contributed by atoms with Gasteiger partial charge in [-0.15, -0.1) is 0 Å². The van der Waals surface area contributed by atoms with Crippen molar-refractivity contribution in [2.75, 3.05) is 19.0 Å². The minimum atomic E-state index is -6.05. The molecule has 0 amide bonds. The molecule has 0 aliphatic carbocycles. The first-order valence-electron chi connectivity index (χ1n) is 6.41. The van der Waals surface area contributed by atoms with Crippen molar-refractivity contribution < 1.29 is 30.0 Å². The molecule has 2 aromatic carbocycles. The smallest absolute Gasteiger partial charge is 0.377 e. The molecule has 0 saturated heterocycles. The van der Waals surface area contributed by atoms with E-state index in [1.54, 1.807) is 31.1 Å². The van der Waals surface area contributed by atoms with Crippen molar-refractivity contribution in [3.05, 3.63) is 36.4 Å². The van der Waals surface area contributed by atoms with Gasteiger partial charge < -0.3 is 4.90 Å². The maximum Gasteiger partial charge on any atom is 0.512 e. The number of nitrogens with zero attached hydrogens (tertiary/aromatic N) is 1. The van der Waals surface area contributed by atoms with Crippen molar-refractivity contribution in [1.29, 1.82) is 0 Å². The maximum absolute atomic E-state index is 12.4. The van der Waals surface area contributed by atoms with Crippen LogP contribution in [0, 0.1) is 0 Å². The zero-order valence-corrected chi connectivity index (χ0v) is 14.1. The molecular weight excluding hydrogens is 369 g/mol. The largest absolute Gasteiger partial charge is 0.512 e. The molecule has 11 heteroatoms. The predicted molar refractivity (Wildman–Crippen MR) is 83.6 cm³/mol. The van der Waals surface area contributed by atoms with Gasteiger partial charge in [-0.25, -0.2) is 16.8 Å². The second kappa shape index (κ2) is 5.90. The highest BCUT2D eigenvalue weighted by Crippen LogP contribution is 2.31. The molecule has 1 N–H and O–H groups in total. The van der Waals surface area contributed by atoms with Crippen molar-refractivity contribution in [2.45, 2.75) is 10.4 Å². The molecule has 0 radical (unpaired) electrons. The van der Waals surface area contributed by atoms with Crippen molar-refractivity contribution in [3.63, 3.8) is 0 Å². The number of anilines is 1. The molecule has 0 unspecified atom stereocenters. The third-order valence-corrected chi connectivity index (χ3v) is 6.45. The summed E-state index contributed by atoms with van der Waals surface area (Å²) < 4.78 is 84.7. The van der Waals surface area contributed by atoms with Crippen molar-refractivity contribution in [1.82, 2.24) is 4.13 Å². The fourth-order valence-corrected chi connectivity index (χ4v) is 4.74. The number of sulfonamides is 2. The zero-order valence-electron chi connectivity index (χ0n) is 12.5. The summed E-state index contributed by atoms with van der Waals surface area (Å²) in [7, 11) is -7.57. The van der Waals surface area contributed by atoms with Crippen LogP contribution in [0.15, 0.2) is 41.3 Å². The van der Waals surface area contributed by atoms with E-state index < -0.39 is 30.5 Å². The Kier molecular flexibility index (Phi) is 4.55. The summed E-state index contributed by atoms with van der Waals surface area (Å²) in [5.74, 6) is 0. The molecular formula is C13H13F3N2O4S2. The lowest BCUT2D eigenvalue weighted by Gasteiger charge is -2.17. The van der Waals surface area contributed by atoms with Crippen LogP contribution in [0.2, 0.25) is 0 Å². The number of hydrogen-bond donors (Lipinski definition) is 1. The Hall–Kier alpha value is -1.85. The van der Waals surface area contributed by atoms with Crippen molar-refractivity contribution >= 4 is 36.5 Å². The van der Waals surface area contributed by atoms with Gasteiger partial charge in [-0.1, -0.05) is 28.4 Å². The highest BCUT2D eigenvalue weighted by molar-refractivity contribution is 8.05. The minimum absolute atomic E-state index is 0.105. The Morgan fingerprint density at radius 1 is 0.917 bits per heavy atom. The van der Waals surface area contributed by atoms with Crippen LogP contribution in [0.25, 0.3) is 10.8 Å². The van der Waals surface area contributed by atoms with Gasteiger partial charge >= 0.3 is 15.5 Å². The lowest BCUT2D eigenvalue weighted by molar-refractivity contribution is -0.0441. The molecule has 0 aliphatic heterocycles. The third kappa shape index (κ3) is 3.32. The second-order valence-electron chi connectivity index (χ2n) is 5.06. The fourth-order valence-electron chi connectivity index (χ4n) is 2.13. The summed E-state index contributed by atoms with van der Waals surface area (Å²) >= 11 is 0. The normalized spacial score (nSPS) is 13.2. The first-order chi connectivity index (χ1) is 10.9. The third-order valence-electron chi connectivity index (χ3n) is 3.15. The Labute approximate surface area is 137 Å². The standard InChI is InChI=1S/C13H13F3N2O4S2/c1-18(2)11-7-3-6-10-9(11)5-4-8-12(10)23(19,20)17-24(21,22)13(14,15)16/h3-8,17H,1-2H3. The quantitative estimate of drug-likeness (QED) is 0.875. The molecule has 0 aromatic heterocycles. The van der Waals surface area contributed by atoms with Crippen LogP contribution >= 0.6 is 0 Å². The van der Waals surface area contributed by atoms with Gasteiger partial charge in [0.1, 0.15) is 0 Å². The predicted octanol–water partition coefficient (Wildman–Crippen LogP) is 2.03. The van der Waals surface area contributed by atoms with Gasteiger partial charge in [0.2, 0.25) is 0 Å². The van der Waals surface area contributed by atoms with Crippen LogP contribution in [-0.2, 0) is 20.0 Å². The number of alkyl halides is 3. The molecule has 2 aromatic rings. The summed E-state index contributed by atoms with van der Waals surface area (Å²) in [5, 5.41) is 0.559. The van der Waals surface area contributed by atoms with E-state index in [2.05, 4.69) is 0 Å². The van der Waals surface area contributed by atoms with Crippen LogP contribution in [-0.4, -0.2) is 36.4 Å². The molecule has 0 fully saturated rings. The summed E-state index contributed by atoms with van der Waals surface area (Å²) in [5.41, 5.74) is -5.11. The number of fused-ring (bicyclic) bond motifs is 1. The van der Waals surface area contributed by atoms with E-state index in [0.717, 1.165) is 10.2 Å². The van der Waals surface area contributed by atoms with Crippen LogP contribution < -0.4 is 9.03 Å². The second-order valence-corrected chi connectivity index (χ2v) is 8.64. The Bertz CT molecular complexity index is 984. The van der Waals surface area contributed by atoms with E-state index in [-0.39, 0.29) is 5.39 Å². The number of nitrogens with one attached hydrogen (secondary N) is 1. The average Bonchev–Trinajstić information content (AvgIpc) is 2.43. The van der Waals surface area contributed by atoms with Crippen LogP contribution in [0.5, 0.6) is 0 Å². The first kappa shape index (κ1) is 18.5. The SMILES string of the molecule is CN(C)c1cccc2c(S(=O)(=O)NS(=O)(=O)C(F)(F)F)cccc12. The Balaban J connectivity index is 2.67. The molecule has 0 saturated carbocycles. The van der Waals surface area contributed by atoms with Gasteiger partial charge in [-0.2, -0.15) is 13.2 Å². The molecule has 6 nitrogen and oxygen atoms in total. The van der Waals surface area contributed by atoms with Gasteiger partial charge in [0, 0.05) is 30.6 Å². The van der Waals surface area contributed by atoms with Gasteiger partial charge in [0.15, 0.2) is 0 Å². The Morgan fingerprint density at radius 2 is 1.46 bits per heavy atom. The summed E-state index contributed by atoms with van der Waals surface area (Å²) in [4.78, 5) is 1.13. The minimum Gasteiger partial charge on any atom is -0.377 e. The van der Waals surface area contributed by atoms with Gasteiger partial charge in [0.25, 0.3) is 10.0 Å². The zero-order chi connectivity index (χ0) is 18.3. The number of benzene rings is 2. The fraction of sp³-hybridized carbons (Fsp3) is 0.231. The van der Waals surface area contributed by atoms with E-state index in [1.165, 1.54) is 18.2 Å². The van der Waals surface area contributed by atoms with E-state index >= 15 is 0 Å². The van der Waals surface area contributed by atoms with Crippen LogP contribution in [0.4, 0.5) is 18.9 Å². The van der Waals surface area contributed by atoms with Crippen LogP contribution in [0.1, 0.15) is 0 Å². The molecule has 0 aliphatic rings. The highest BCUT2D eigenvalue weighted by atomic mass is 32.3. The lowest BCUT2D eigenvalue weighted by Crippen LogP contribution is -2.40. The van der Waals surface area contributed by atoms with Gasteiger partial charge in [-0.05, 0) is 12.1 Å². The number of hydrogen-bond acceptors (Lipinski definition) is 5. The highest BCUT2D eigenvalue weighted by Gasteiger charge is 2.48. The lowest BCUT2D eigenvalue weighted by atomic mass is 10.1. The number of halogens is 3. The summed E-state index contributed by atoms with van der Waals surface area (Å²) in [6, 6.07) is 8.55. The van der Waals surface area contributed by atoms with Crippen molar-refractivity contribution in [2.24, 2.45) is 0 Å². The van der Waals surface area contributed by atoms with Crippen LogP contribution in [0.3, 0.4) is 0 Å². The number of rotatable bonds is 4. The van der Waals surface area contributed by atoms with Gasteiger partial charge in [-0.3, -0.25) is 0 Å².